The number of hydrogen-bond donors (Lipinski definition) is 1. The van der Waals surface area contributed by atoms with E-state index in [1.807, 2.05) is 5.38 Å². The number of aromatic nitrogens is 1. The van der Waals surface area contributed by atoms with E-state index in [1.165, 1.54) is 22.5 Å². The Morgan fingerprint density at radius 1 is 1.18 bits per heavy atom. The third-order valence-corrected chi connectivity index (χ3v) is 6.32. The van der Waals surface area contributed by atoms with Crippen LogP contribution in [0.1, 0.15) is 11.1 Å². The van der Waals surface area contributed by atoms with Crippen molar-refractivity contribution in [2.75, 3.05) is 41.8 Å². The van der Waals surface area contributed by atoms with Gasteiger partial charge >= 0.3 is 0 Å². The number of anilines is 4. The first kappa shape index (κ1) is 19.0. The number of nitrogens with zero attached hydrogens (tertiary/aromatic N) is 3. The summed E-state index contributed by atoms with van der Waals surface area (Å²) in [4.78, 5) is 9.88. The van der Waals surface area contributed by atoms with Gasteiger partial charge in [0.2, 0.25) is 0 Å². The van der Waals surface area contributed by atoms with Gasteiger partial charge in [0.25, 0.3) is 0 Å². The molecule has 0 atom stereocenters. The van der Waals surface area contributed by atoms with E-state index < -0.39 is 0 Å². The Hall–Kier alpha value is -2.38. The Morgan fingerprint density at radius 2 is 1.96 bits per heavy atom. The number of thiazole rings is 1. The fourth-order valence-electron chi connectivity index (χ4n) is 3.70. The van der Waals surface area contributed by atoms with Crippen LogP contribution in [0.25, 0.3) is 0 Å². The number of ether oxygens (including phenoxy) is 1. The van der Waals surface area contributed by atoms with Gasteiger partial charge in [-0.3, -0.25) is 0 Å². The van der Waals surface area contributed by atoms with Crippen molar-refractivity contribution in [2.24, 2.45) is 0 Å². The Morgan fingerprint density at radius 3 is 2.64 bits per heavy atom. The third-order valence-electron chi connectivity index (χ3n) is 4.72. The number of rotatable bonds is 5. The topological polar surface area (TPSA) is 40.6 Å². The molecular formula is C21H24N4OS2. The highest BCUT2D eigenvalue weighted by molar-refractivity contribution is 8.00. The predicted molar refractivity (Wildman–Crippen MR) is 121 cm³/mol. The van der Waals surface area contributed by atoms with E-state index in [0.29, 0.717) is 6.61 Å². The highest BCUT2D eigenvalue weighted by Crippen LogP contribution is 2.41. The molecule has 0 bridgehead atoms. The van der Waals surface area contributed by atoms with E-state index in [-0.39, 0.29) is 0 Å². The van der Waals surface area contributed by atoms with Crippen LogP contribution in [0, 0.1) is 13.8 Å². The minimum atomic E-state index is 0.675. The second-order valence-electron chi connectivity index (χ2n) is 6.99. The first-order valence-electron chi connectivity index (χ1n) is 9.18. The molecule has 1 aliphatic heterocycles. The molecule has 2 heterocycles. The van der Waals surface area contributed by atoms with E-state index >= 15 is 0 Å². The standard InChI is InChI=1S/C21H24N4OS2/c1-14-11-16(12-15(2)20(14)24(3)4)25-8-9-26-19-13-17(5-6-18(19)25)28-23-21-22-7-10-27-21/h5-7,10-13H,8-9H2,1-4H3,(H,22,23). The molecule has 0 saturated heterocycles. The second-order valence-corrected chi connectivity index (χ2v) is 8.77. The molecule has 0 spiro atoms. The van der Waals surface area contributed by atoms with E-state index in [2.05, 4.69) is 77.8 Å². The molecule has 7 heteroatoms. The zero-order valence-corrected chi connectivity index (χ0v) is 18.2. The van der Waals surface area contributed by atoms with Gasteiger partial charge in [0.15, 0.2) is 5.13 Å². The Labute approximate surface area is 174 Å². The molecule has 28 heavy (non-hydrogen) atoms. The molecule has 146 valence electrons. The van der Waals surface area contributed by atoms with Crippen LogP contribution >= 0.6 is 23.3 Å². The average molecular weight is 413 g/mol. The van der Waals surface area contributed by atoms with Gasteiger partial charge < -0.3 is 19.3 Å². The summed E-state index contributed by atoms with van der Waals surface area (Å²) < 4.78 is 9.24. The number of nitrogens with one attached hydrogen (secondary N) is 1. The number of benzene rings is 2. The fraction of sp³-hybridized carbons (Fsp3) is 0.286. The van der Waals surface area contributed by atoms with Gasteiger partial charge in [0, 0.05) is 41.9 Å². The van der Waals surface area contributed by atoms with E-state index in [1.54, 1.807) is 29.5 Å². The lowest BCUT2D eigenvalue weighted by Gasteiger charge is -2.33. The lowest BCUT2D eigenvalue weighted by Crippen LogP contribution is -2.28. The molecule has 0 unspecified atom stereocenters. The molecule has 0 radical (unpaired) electrons. The van der Waals surface area contributed by atoms with Gasteiger partial charge in [0.1, 0.15) is 12.4 Å². The van der Waals surface area contributed by atoms with Crippen LogP contribution in [0.3, 0.4) is 0 Å². The summed E-state index contributed by atoms with van der Waals surface area (Å²) in [7, 11) is 4.19. The molecule has 5 nitrogen and oxygen atoms in total. The normalized spacial score (nSPS) is 13.1. The molecule has 4 rings (SSSR count). The van der Waals surface area contributed by atoms with Crippen molar-refractivity contribution in [3.8, 4) is 5.75 Å². The number of aryl methyl sites for hydroxylation is 2. The van der Waals surface area contributed by atoms with Crippen LogP contribution in [-0.2, 0) is 0 Å². The zero-order chi connectivity index (χ0) is 19.7. The summed E-state index contributed by atoms with van der Waals surface area (Å²) >= 11 is 3.14. The highest BCUT2D eigenvalue weighted by Gasteiger charge is 2.21. The van der Waals surface area contributed by atoms with Crippen LogP contribution in [0.2, 0.25) is 0 Å². The highest BCUT2D eigenvalue weighted by atomic mass is 32.2. The minimum Gasteiger partial charge on any atom is -0.489 e. The molecule has 0 saturated carbocycles. The maximum atomic E-state index is 5.97. The van der Waals surface area contributed by atoms with Crippen molar-refractivity contribution in [3.63, 3.8) is 0 Å². The van der Waals surface area contributed by atoms with E-state index in [0.717, 1.165) is 28.0 Å². The average Bonchev–Trinajstić information content (AvgIpc) is 3.18. The van der Waals surface area contributed by atoms with Crippen molar-refractivity contribution in [3.05, 3.63) is 53.0 Å². The van der Waals surface area contributed by atoms with Gasteiger partial charge in [-0.25, -0.2) is 4.98 Å². The smallest absolute Gasteiger partial charge is 0.192 e. The Bertz CT molecular complexity index is 950. The van der Waals surface area contributed by atoms with Crippen molar-refractivity contribution < 1.29 is 4.74 Å². The first-order chi connectivity index (χ1) is 13.5. The van der Waals surface area contributed by atoms with Crippen LogP contribution in [0.15, 0.2) is 46.8 Å². The molecule has 0 fully saturated rings. The lowest BCUT2D eigenvalue weighted by atomic mass is 10.1. The maximum Gasteiger partial charge on any atom is 0.192 e. The van der Waals surface area contributed by atoms with Gasteiger partial charge in [0.05, 0.1) is 12.2 Å². The third kappa shape index (κ3) is 3.77. The van der Waals surface area contributed by atoms with Crippen LogP contribution < -0.4 is 19.3 Å². The van der Waals surface area contributed by atoms with Gasteiger partial charge in [-0.15, -0.1) is 11.3 Å². The van der Waals surface area contributed by atoms with Crippen LogP contribution in [0.4, 0.5) is 22.2 Å². The van der Waals surface area contributed by atoms with Crippen LogP contribution in [0.5, 0.6) is 5.75 Å². The Balaban J connectivity index is 1.60. The van der Waals surface area contributed by atoms with E-state index in [4.69, 9.17) is 4.74 Å². The number of fused-ring (bicyclic) bond motifs is 1. The van der Waals surface area contributed by atoms with Crippen molar-refractivity contribution in [2.45, 2.75) is 18.7 Å². The summed E-state index contributed by atoms with van der Waals surface area (Å²) in [5.41, 5.74) is 6.19. The molecule has 0 aliphatic carbocycles. The zero-order valence-electron chi connectivity index (χ0n) is 16.5. The minimum absolute atomic E-state index is 0.675. The molecule has 1 aromatic heterocycles. The van der Waals surface area contributed by atoms with Gasteiger partial charge in [-0.1, -0.05) is 0 Å². The summed E-state index contributed by atoms with van der Waals surface area (Å²) in [6, 6.07) is 10.9. The van der Waals surface area contributed by atoms with Crippen molar-refractivity contribution >= 4 is 45.5 Å². The van der Waals surface area contributed by atoms with Gasteiger partial charge in [-0.2, -0.15) is 0 Å². The largest absolute Gasteiger partial charge is 0.489 e. The molecular weight excluding hydrogens is 388 g/mol. The van der Waals surface area contributed by atoms with Gasteiger partial charge in [-0.05, 0) is 67.3 Å². The lowest BCUT2D eigenvalue weighted by molar-refractivity contribution is 0.313. The molecule has 0 amide bonds. The SMILES string of the molecule is Cc1cc(N2CCOc3cc(SNc4nccs4)ccc32)cc(C)c1N(C)C. The molecule has 3 aromatic rings. The summed E-state index contributed by atoms with van der Waals surface area (Å²) in [6.45, 7) is 5.88. The fourth-order valence-corrected chi connectivity index (χ4v) is 4.95. The molecule has 1 aliphatic rings. The first-order valence-corrected chi connectivity index (χ1v) is 10.9. The Kier molecular flexibility index (Phi) is 5.37. The summed E-state index contributed by atoms with van der Waals surface area (Å²) in [6.07, 6.45) is 1.80. The quantitative estimate of drug-likeness (QED) is 0.560. The number of hydrogen-bond acceptors (Lipinski definition) is 7. The second kappa shape index (κ2) is 7.93. The monoisotopic (exact) mass is 412 g/mol. The molecule has 2 aromatic carbocycles. The summed E-state index contributed by atoms with van der Waals surface area (Å²) in [5.74, 6) is 0.921. The maximum absolute atomic E-state index is 5.97. The predicted octanol–water partition coefficient (Wildman–Crippen LogP) is 5.48. The van der Waals surface area contributed by atoms with Crippen molar-refractivity contribution in [1.82, 2.24) is 4.98 Å². The molecule has 1 N–H and O–H groups in total. The summed E-state index contributed by atoms with van der Waals surface area (Å²) in [5, 5.41) is 2.86. The van der Waals surface area contributed by atoms with Crippen LogP contribution in [-0.4, -0.2) is 32.2 Å². The van der Waals surface area contributed by atoms with Crippen molar-refractivity contribution in [1.29, 1.82) is 0 Å². The van der Waals surface area contributed by atoms with E-state index in [9.17, 15) is 0 Å².